The summed E-state index contributed by atoms with van der Waals surface area (Å²) in [6.45, 7) is 4.53. The van der Waals surface area contributed by atoms with Gasteiger partial charge in [0.25, 0.3) is 11.8 Å². The molecule has 0 bridgehead atoms. The Balaban J connectivity index is 1.42. The van der Waals surface area contributed by atoms with Crippen LogP contribution in [-0.2, 0) is 6.42 Å². The summed E-state index contributed by atoms with van der Waals surface area (Å²) in [5, 5.41) is 5.78. The maximum absolute atomic E-state index is 13.0. The molecule has 0 spiro atoms. The van der Waals surface area contributed by atoms with Gasteiger partial charge in [0.1, 0.15) is 5.75 Å². The monoisotopic (exact) mass is 464 g/mol. The highest BCUT2D eigenvalue weighted by Crippen LogP contribution is 2.21. The molecule has 0 aliphatic carbocycles. The number of para-hydroxylation sites is 1. The number of aryl methyl sites for hydroxylation is 2. The number of amides is 2. The predicted octanol–water partition coefficient (Wildman–Crippen LogP) is 6.43. The smallest absolute Gasteiger partial charge is 0.257 e. The topological polar surface area (TPSA) is 67.4 Å². The summed E-state index contributed by atoms with van der Waals surface area (Å²) >= 11 is 0. The first-order valence-corrected chi connectivity index (χ1v) is 11.6. The Labute approximate surface area is 205 Å². The van der Waals surface area contributed by atoms with Gasteiger partial charge in [0.15, 0.2) is 0 Å². The number of hydrogen-bond acceptors (Lipinski definition) is 3. The molecule has 4 aromatic rings. The molecule has 0 atom stereocenters. The first-order valence-electron chi connectivity index (χ1n) is 11.6. The molecule has 5 heteroatoms. The van der Waals surface area contributed by atoms with Crippen molar-refractivity contribution in [2.45, 2.75) is 20.3 Å². The third-order valence-electron chi connectivity index (χ3n) is 5.78. The van der Waals surface area contributed by atoms with Crippen molar-refractivity contribution in [2.75, 3.05) is 17.2 Å². The SMILES string of the molecule is Cc1ccc(NC(=O)c2ccccc2NC(=O)c2cccc(OCCc3ccccc3)c2)cc1C. The van der Waals surface area contributed by atoms with E-state index in [1.165, 1.54) is 5.56 Å². The quantitative estimate of drug-likeness (QED) is 0.316. The van der Waals surface area contributed by atoms with Crippen molar-refractivity contribution in [2.24, 2.45) is 0 Å². The van der Waals surface area contributed by atoms with Crippen molar-refractivity contribution in [3.63, 3.8) is 0 Å². The van der Waals surface area contributed by atoms with Gasteiger partial charge in [-0.1, -0.05) is 54.6 Å². The van der Waals surface area contributed by atoms with E-state index in [-0.39, 0.29) is 11.8 Å². The average molecular weight is 465 g/mol. The second-order valence-electron chi connectivity index (χ2n) is 8.36. The highest BCUT2D eigenvalue weighted by molar-refractivity contribution is 6.12. The number of benzene rings is 4. The standard InChI is InChI=1S/C30H28N2O3/c1-21-15-16-25(19-22(21)2)31-30(34)27-13-6-7-14-28(27)32-29(33)24-11-8-12-26(20-24)35-18-17-23-9-4-3-5-10-23/h3-16,19-20H,17-18H2,1-2H3,(H,31,34)(H,32,33). The van der Waals surface area contributed by atoms with Crippen LogP contribution in [0.4, 0.5) is 11.4 Å². The summed E-state index contributed by atoms with van der Waals surface area (Å²) in [5.41, 5.74) is 5.42. The fraction of sp³-hybridized carbons (Fsp3) is 0.133. The summed E-state index contributed by atoms with van der Waals surface area (Å²) in [6, 6.07) is 29.9. The summed E-state index contributed by atoms with van der Waals surface area (Å²) in [5.74, 6) is 0.0152. The Morgan fingerprint density at radius 1 is 0.714 bits per heavy atom. The Kier molecular flexibility index (Phi) is 7.58. The normalized spacial score (nSPS) is 10.5. The van der Waals surface area contributed by atoms with E-state index < -0.39 is 0 Å². The number of carbonyl (C=O) groups excluding carboxylic acids is 2. The zero-order chi connectivity index (χ0) is 24.6. The van der Waals surface area contributed by atoms with Gasteiger partial charge < -0.3 is 15.4 Å². The molecule has 0 radical (unpaired) electrons. The first kappa shape index (κ1) is 23.8. The number of ether oxygens (including phenoxy) is 1. The predicted molar refractivity (Wildman–Crippen MR) is 140 cm³/mol. The van der Waals surface area contributed by atoms with Crippen LogP contribution in [0.25, 0.3) is 0 Å². The molecule has 0 aromatic heterocycles. The molecule has 176 valence electrons. The maximum atomic E-state index is 13.0. The van der Waals surface area contributed by atoms with Gasteiger partial charge >= 0.3 is 0 Å². The molecule has 4 rings (SSSR count). The minimum atomic E-state index is -0.315. The van der Waals surface area contributed by atoms with E-state index in [0.717, 1.165) is 17.5 Å². The number of nitrogens with one attached hydrogen (secondary N) is 2. The number of rotatable bonds is 8. The lowest BCUT2D eigenvalue weighted by atomic mass is 10.1. The molecule has 0 saturated heterocycles. The van der Waals surface area contributed by atoms with Crippen LogP contribution in [0.5, 0.6) is 5.75 Å². The molecule has 0 heterocycles. The molecular weight excluding hydrogens is 436 g/mol. The second-order valence-corrected chi connectivity index (χ2v) is 8.36. The third kappa shape index (κ3) is 6.36. The Morgan fingerprint density at radius 3 is 2.29 bits per heavy atom. The highest BCUT2D eigenvalue weighted by atomic mass is 16.5. The molecule has 2 N–H and O–H groups in total. The molecular formula is C30H28N2O3. The van der Waals surface area contributed by atoms with Gasteiger partial charge in [-0.2, -0.15) is 0 Å². The number of anilines is 2. The van der Waals surface area contributed by atoms with Gasteiger partial charge in [0.05, 0.1) is 17.9 Å². The van der Waals surface area contributed by atoms with E-state index in [1.807, 2.05) is 56.3 Å². The summed E-state index contributed by atoms with van der Waals surface area (Å²) in [7, 11) is 0. The molecule has 0 aliphatic heterocycles. The minimum absolute atomic E-state index is 0.290. The minimum Gasteiger partial charge on any atom is -0.493 e. The van der Waals surface area contributed by atoms with E-state index in [0.29, 0.717) is 34.9 Å². The van der Waals surface area contributed by atoms with Gasteiger partial charge in [-0.15, -0.1) is 0 Å². The van der Waals surface area contributed by atoms with E-state index in [2.05, 4.69) is 22.8 Å². The summed E-state index contributed by atoms with van der Waals surface area (Å²) in [6.07, 6.45) is 0.778. The molecule has 0 aliphatic rings. The number of carbonyl (C=O) groups is 2. The van der Waals surface area contributed by atoms with Crippen LogP contribution in [0, 0.1) is 13.8 Å². The summed E-state index contributed by atoms with van der Waals surface area (Å²) in [4.78, 5) is 25.9. The molecule has 2 amide bonds. The summed E-state index contributed by atoms with van der Waals surface area (Å²) < 4.78 is 5.85. The first-order chi connectivity index (χ1) is 17.0. The van der Waals surface area contributed by atoms with Crippen LogP contribution in [0.15, 0.2) is 97.1 Å². The van der Waals surface area contributed by atoms with Gasteiger partial charge in [-0.25, -0.2) is 0 Å². The second kappa shape index (κ2) is 11.2. The highest BCUT2D eigenvalue weighted by Gasteiger charge is 2.15. The Bertz CT molecular complexity index is 1330. The van der Waals surface area contributed by atoms with E-state index in [4.69, 9.17) is 4.74 Å². The van der Waals surface area contributed by atoms with Gasteiger partial charge in [0.2, 0.25) is 0 Å². The largest absolute Gasteiger partial charge is 0.493 e. The molecule has 0 saturated carbocycles. The number of hydrogen-bond donors (Lipinski definition) is 2. The van der Waals surface area contributed by atoms with Crippen molar-refractivity contribution < 1.29 is 14.3 Å². The Hall–Kier alpha value is -4.38. The zero-order valence-electron chi connectivity index (χ0n) is 19.9. The fourth-order valence-corrected chi connectivity index (χ4v) is 3.66. The molecule has 0 unspecified atom stereocenters. The average Bonchev–Trinajstić information content (AvgIpc) is 2.87. The van der Waals surface area contributed by atoms with E-state index >= 15 is 0 Å². The molecule has 0 fully saturated rings. The van der Waals surface area contributed by atoms with Crippen molar-refractivity contribution in [1.29, 1.82) is 0 Å². The lowest BCUT2D eigenvalue weighted by Gasteiger charge is -2.13. The maximum Gasteiger partial charge on any atom is 0.257 e. The van der Waals surface area contributed by atoms with Crippen molar-refractivity contribution >= 4 is 23.2 Å². The third-order valence-corrected chi connectivity index (χ3v) is 5.78. The van der Waals surface area contributed by atoms with Crippen LogP contribution in [-0.4, -0.2) is 18.4 Å². The Morgan fingerprint density at radius 2 is 1.49 bits per heavy atom. The van der Waals surface area contributed by atoms with Crippen LogP contribution in [0.3, 0.4) is 0 Å². The van der Waals surface area contributed by atoms with Crippen LogP contribution < -0.4 is 15.4 Å². The van der Waals surface area contributed by atoms with E-state index in [1.54, 1.807) is 42.5 Å². The van der Waals surface area contributed by atoms with Gasteiger partial charge in [-0.05, 0) is 73.0 Å². The van der Waals surface area contributed by atoms with Crippen molar-refractivity contribution in [3.8, 4) is 5.75 Å². The van der Waals surface area contributed by atoms with Crippen molar-refractivity contribution in [3.05, 3.63) is 125 Å². The zero-order valence-corrected chi connectivity index (χ0v) is 19.9. The molecule has 35 heavy (non-hydrogen) atoms. The lowest BCUT2D eigenvalue weighted by Crippen LogP contribution is -2.18. The van der Waals surface area contributed by atoms with Gasteiger partial charge in [-0.3, -0.25) is 9.59 Å². The van der Waals surface area contributed by atoms with Gasteiger partial charge in [0, 0.05) is 17.7 Å². The van der Waals surface area contributed by atoms with E-state index in [9.17, 15) is 9.59 Å². The van der Waals surface area contributed by atoms with Crippen molar-refractivity contribution in [1.82, 2.24) is 0 Å². The molecule has 4 aromatic carbocycles. The van der Waals surface area contributed by atoms with Crippen LogP contribution >= 0.6 is 0 Å². The molecule has 5 nitrogen and oxygen atoms in total. The van der Waals surface area contributed by atoms with Crippen LogP contribution in [0.2, 0.25) is 0 Å². The van der Waals surface area contributed by atoms with Crippen LogP contribution in [0.1, 0.15) is 37.4 Å². The fourth-order valence-electron chi connectivity index (χ4n) is 3.66. The lowest BCUT2D eigenvalue weighted by molar-refractivity contribution is 0.102.